The number of aromatic nitrogens is 1. The van der Waals surface area contributed by atoms with Gasteiger partial charge < -0.3 is 10.6 Å². The fraction of sp³-hybridized carbons (Fsp3) is 0.182. The van der Waals surface area contributed by atoms with Gasteiger partial charge in [0.1, 0.15) is 5.69 Å². The van der Waals surface area contributed by atoms with Crippen molar-refractivity contribution in [1.82, 2.24) is 10.3 Å². The average Bonchev–Trinajstić information content (AvgIpc) is 2.70. The number of carbonyl (C=O) groups is 1. The number of pyridine rings is 1. The second kappa shape index (κ2) is 9.37. The minimum Gasteiger partial charge on any atom is -0.383 e. The summed E-state index contributed by atoms with van der Waals surface area (Å²) in [6.07, 6.45) is 3.46. The largest absolute Gasteiger partial charge is 0.383 e. The topological polar surface area (TPSA) is 54.0 Å². The molecule has 132 valence electrons. The van der Waals surface area contributed by atoms with Gasteiger partial charge in [0.2, 0.25) is 0 Å². The number of nitrogens with zero attached hydrogens (tertiary/aromatic N) is 1. The van der Waals surface area contributed by atoms with Crippen LogP contribution in [0.2, 0.25) is 0 Å². The molecule has 1 amide bonds. The van der Waals surface area contributed by atoms with E-state index in [1.165, 1.54) is 11.1 Å². The van der Waals surface area contributed by atoms with Crippen molar-refractivity contribution < 1.29 is 4.79 Å². The molecular weight excluding hydrogens is 322 g/mol. The average molecular weight is 345 g/mol. The summed E-state index contributed by atoms with van der Waals surface area (Å²) in [5.41, 5.74) is 3.86. The fourth-order valence-electron chi connectivity index (χ4n) is 2.68. The van der Waals surface area contributed by atoms with Crippen molar-refractivity contribution >= 4 is 11.6 Å². The maximum atomic E-state index is 12.2. The van der Waals surface area contributed by atoms with Gasteiger partial charge >= 0.3 is 0 Å². The molecule has 3 rings (SSSR count). The molecule has 2 aromatic carbocycles. The Kier molecular flexibility index (Phi) is 6.37. The summed E-state index contributed by atoms with van der Waals surface area (Å²) in [5, 5.41) is 6.24. The van der Waals surface area contributed by atoms with E-state index in [0.29, 0.717) is 12.2 Å². The number of rotatable bonds is 8. The van der Waals surface area contributed by atoms with Gasteiger partial charge in [-0.25, -0.2) is 4.98 Å². The van der Waals surface area contributed by atoms with Gasteiger partial charge in [-0.3, -0.25) is 4.79 Å². The molecule has 4 heteroatoms. The zero-order chi connectivity index (χ0) is 18.0. The van der Waals surface area contributed by atoms with Crippen LogP contribution in [0.1, 0.15) is 21.6 Å². The first kappa shape index (κ1) is 17.7. The Labute approximate surface area is 154 Å². The predicted octanol–water partition coefficient (Wildman–Crippen LogP) is 3.71. The molecule has 0 aliphatic rings. The molecule has 26 heavy (non-hydrogen) atoms. The van der Waals surface area contributed by atoms with Gasteiger partial charge in [0, 0.05) is 13.1 Å². The van der Waals surface area contributed by atoms with E-state index in [-0.39, 0.29) is 5.91 Å². The Morgan fingerprint density at radius 2 is 1.38 bits per heavy atom. The van der Waals surface area contributed by atoms with Crippen LogP contribution in [0.5, 0.6) is 0 Å². The number of hydrogen-bond acceptors (Lipinski definition) is 3. The SMILES string of the molecule is O=C(NCCc1ccccc1)c1ccc(NCCc2ccccc2)cn1. The van der Waals surface area contributed by atoms with Crippen molar-refractivity contribution in [2.75, 3.05) is 18.4 Å². The molecule has 0 saturated heterocycles. The summed E-state index contributed by atoms with van der Waals surface area (Å²) < 4.78 is 0. The minimum atomic E-state index is -0.142. The Morgan fingerprint density at radius 3 is 1.96 bits per heavy atom. The third-order valence-corrected chi connectivity index (χ3v) is 4.12. The molecule has 0 atom stereocenters. The van der Waals surface area contributed by atoms with Gasteiger partial charge in [-0.15, -0.1) is 0 Å². The van der Waals surface area contributed by atoms with Crippen LogP contribution in [0.25, 0.3) is 0 Å². The van der Waals surface area contributed by atoms with Crippen LogP contribution >= 0.6 is 0 Å². The number of carbonyl (C=O) groups excluding carboxylic acids is 1. The van der Waals surface area contributed by atoms with Gasteiger partial charge in [-0.05, 0) is 36.1 Å². The van der Waals surface area contributed by atoms with E-state index in [1.54, 1.807) is 12.3 Å². The van der Waals surface area contributed by atoms with Crippen LogP contribution in [0.4, 0.5) is 5.69 Å². The molecule has 0 spiro atoms. The van der Waals surface area contributed by atoms with Gasteiger partial charge in [-0.1, -0.05) is 60.7 Å². The molecule has 0 unspecified atom stereocenters. The van der Waals surface area contributed by atoms with Crippen LogP contribution in [0.15, 0.2) is 79.0 Å². The standard InChI is InChI=1S/C22H23N3O/c26-22(24-16-14-19-9-5-2-6-10-19)21-12-11-20(17-25-21)23-15-13-18-7-3-1-4-8-18/h1-12,17,23H,13-16H2,(H,24,26). The van der Waals surface area contributed by atoms with Crippen LogP contribution in [-0.2, 0) is 12.8 Å². The first-order valence-corrected chi connectivity index (χ1v) is 8.87. The highest BCUT2D eigenvalue weighted by molar-refractivity contribution is 5.92. The normalized spacial score (nSPS) is 10.3. The molecule has 0 saturated carbocycles. The van der Waals surface area contributed by atoms with Crippen molar-refractivity contribution in [1.29, 1.82) is 0 Å². The van der Waals surface area contributed by atoms with E-state index in [2.05, 4.69) is 39.9 Å². The monoisotopic (exact) mass is 345 g/mol. The van der Waals surface area contributed by atoms with Crippen LogP contribution in [0, 0.1) is 0 Å². The third kappa shape index (κ3) is 5.45. The number of benzene rings is 2. The zero-order valence-electron chi connectivity index (χ0n) is 14.7. The molecule has 2 N–H and O–H groups in total. The zero-order valence-corrected chi connectivity index (χ0v) is 14.7. The van der Waals surface area contributed by atoms with Gasteiger partial charge in [0.05, 0.1) is 11.9 Å². The highest BCUT2D eigenvalue weighted by Crippen LogP contribution is 2.07. The number of nitrogens with one attached hydrogen (secondary N) is 2. The van der Waals surface area contributed by atoms with E-state index in [0.717, 1.165) is 25.1 Å². The Morgan fingerprint density at radius 1 is 0.769 bits per heavy atom. The Hall–Kier alpha value is -3.14. The summed E-state index contributed by atoms with van der Waals surface area (Å²) in [5.74, 6) is -0.142. The van der Waals surface area contributed by atoms with Crippen molar-refractivity contribution in [3.8, 4) is 0 Å². The highest BCUT2D eigenvalue weighted by Gasteiger charge is 2.06. The van der Waals surface area contributed by atoms with Gasteiger partial charge in [-0.2, -0.15) is 0 Å². The van der Waals surface area contributed by atoms with E-state index in [4.69, 9.17) is 0 Å². The fourth-order valence-corrected chi connectivity index (χ4v) is 2.68. The maximum absolute atomic E-state index is 12.2. The molecule has 1 heterocycles. The third-order valence-electron chi connectivity index (χ3n) is 4.12. The smallest absolute Gasteiger partial charge is 0.269 e. The van der Waals surface area contributed by atoms with E-state index >= 15 is 0 Å². The molecule has 0 aliphatic heterocycles. The van der Waals surface area contributed by atoms with E-state index in [1.807, 2.05) is 42.5 Å². The number of amides is 1. The molecule has 0 aliphatic carbocycles. The van der Waals surface area contributed by atoms with Crippen LogP contribution < -0.4 is 10.6 Å². The maximum Gasteiger partial charge on any atom is 0.269 e. The molecular formula is C22H23N3O. The van der Waals surface area contributed by atoms with Crippen molar-refractivity contribution in [3.05, 3.63) is 95.8 Å². The Bertz CT molecular complexity index is 802. The lowest BCUT2D eigenvalue weighted by Crippen LogP contribution is -2.26. The minimum absolute atomic E-state index is 0.142. The number of hydrogen-bond donors (Lipinski definition) is 2. The van der Waals surface area contributed by atoms with E-state index < -0.39 is 0 Å². The first-order chi connectivity index (χ1) is 12.8. The van der Waals surface area contributed by atoms with E-state index in [9.17, 15) is 4.79 Å². The quantitative estimate of drug-likeness (QED) is 0.654. The summed E-state index contributed by atoms with van der Waals surface area (Å²) in [7, 11) is 0. The summed E-state index contributed by atoms with van der Waals surface area (Å²) >= 11 is 0. The lowest BCUT2D eigenvalue weighted by atomic mass is 10.1. The molecule has 3 aromatic rings. The molecule has 4 nitrogen and oxygen atoms in total. The van der Waals surface area contributed by atoms with Crippen molar-refractivity contribution in [2.24, 2.45) is 0 Å². The Balaban J connectivity index is 1.42. The second-order valence-electron chi connectivity index (χ2n) is 6.09. The molecule has 1 aromatic heterocycles. The lowest BCUT2D eigenvalue weighted by Gasteiger charge is -2.08. The molecule has 0 radical (unpaired) electrons. The lowest BCUT2D eigenvalue weighted by molar-refractivity contribution is 0.0949. The van der Waals surface area contributed by atoms with Crippen LogP contribution in [0.3, 0.4) is 0 Å². The number of anilines is 1. The first-order valence-electron chi connectivity index (χ1n) is 8.87. The van der Waals surface area contributed by atoms with Crippen LogP contribution in [-0.4, -0.2) is 24.0 Å². The van der Waals surface area contributed by atoms with Gasteiger partial charge in [0.25, 0.3) is 5.91 Å². The summed E-state index contributed by atoms with van der Waals surface area (Å²) in [4.78, 5) is 16.4. The highest BCUT2D eigenvalue weighted by atomic mass is 16.1. The van der Waals surface area contributed by atoms with Crippen molar-refractivity contribution in [2.45, 2.75) is 12.8 Å². The predicted molar refractivity (Wildman–Crippen MR) is 105 cm³/mol. The van der Waals surface area contributed by atoms with Crippen molar-refractivity contribution in [3.63, 3.8) is 0 Å². The molecule has 0 fully saturated rings. The second-order valence-corrected chi connectivity index (χ2v) is 6.09. The summed E-state index contributed by atoms with van der Waals surface area (Å²) in [6.45, 7) is 1.43. The molecule has 0 bridgehead atoms. The summed E-state index contributed by atoms with van der Waals surface area (Å²) in [6, 6.07) is 24.1. The van der Waals surface area contributed by atoms with Gasteiger partial charge in [0.15, 0.2) is 0 Å².